The highest BCUT2D eigenvalue weighted by Gasteiger charge is 2.84. The van der Waals surface area contributed by atoms with Gasteiger partial charge in [0.25, 0.3) is 0 Å². The first-order chi connectivity index (χ1) is 22.1. The summed E-state index contributed by atoms with van der Waals surface area (Å²) in [7, 11) is 0. The lowest BCUT2D eigenvalue weighted by molar-refractivity contribution is -0.256. The van der Waals surface area contributed by atoms with Crippen LogP contribution in [0.15, 0.2) is 0 Å². The van der Waals surface area contributed by atoms with Crippen molar-refractivity contribution in [3.8, 4) is 0 Å². The van der Waals surface area contributed by atoms with Crippen molar-refractivity contribution in [1.82, 2.24) is 4.90 Å². The minimum atomic E-state index is -0.825. The summed E-state index contributed by atoms with van der Waals surface area (Å²) in [4.78, 5) is 2.51. The van der Waals surface area contributed by atoms with E-state index in [1.807, 2.05) is 25.6 Å². The second-order valence-corrected chi connectivity index (χ2v) is 20.6. The first-order valence-electron chi connectivity index (χ1n) is 19.4. The van der Waals surface area contributed by atoms with Crippen molar-refractivity contribution in [3.63, 3.8) is 0 Å². The largest absolute Gasteiger partial charge is 0.390 e. The topological polar surface area (TPSA) is 80.6 Å². The Labute approximate surface area is 288 Å². The van der Waals surface area contributed by atoms with E-state index >= 15 is 0 Å². The molecule has 3 heterocycles. The van der Waals surface area contributed by atoms with Crippen LogP contribution in [0.1, 0.15) is 107 Å². The van der Waals surface area contributed by atoms with Gasteiger partial charge in [0.2, 0.25) is 0 Å². The highest BCUT2D eigenvalue weighted by molar-refractivity contribution is 8.00. The predicted octanol–water partition coefficient (Wildman–Crippen LogP) is 6.13. The molecule has 2 N–H and O–H groups in total. The van der Waals surface area contributed by atoms with E-state index < -0.39 is 11.7 Å². The monoisotopic (exact) mass is 675 g/mol. The summed E-state index contributed by atoms with van der Waals surface area (Å²) < 4.78 is 25.7. The summed E-state index contributed by atoms with van der Waals surface area (Å²) >= 11 is 1.82. The lowest BCUT2D eigenvalue weighted by Gasteiger charge is -2.64. The third-order valence-electron chi connectivity index (χ3n) is 16.7. The van der Waals surface area contributed by atoms with E-state index in [4.69, 9.17) is 18.9 Å². The van der Waals surface area contributed by atoms with Gasteiger partial charge in [0.1, 0.15) is 0 Å². The van der Waals surface area contributed by atoms with E-state index in [-0.39, 0.29) is 46.1 Å². The quantitative estimate of drug-likeness (QED) is 0.334. The average molecular weight is 676 g/mol. The molecule has 0 radical (unpaired) electrons. The molecule has 8 rings (SSSR count). The van der Waals surface area contributed by atoms with Gasteiger partial charge in [-0.05, 0) is 116 Å². The van der Waals surface area contributed by atoms with Crippen LogP contribution in [-0.2, 0) is 18.9 Å². The van der Waals surface area contributed by atoms with Gasteiger partial charge in [-0.2, -0.15) is 11.8 Å². The van der Waals surface area contributed by atoms with Gasteiger partial charge in [-0.1, -0.05) is 41.5 Å². The van der Waals surface area contributed by atoms with Crippen LogP contribution in [0.4, 0.5) is 0 Å². The lowest BCUT2D eigenvalue weighted by atomic mass is 9.41. The Morgan fingerprint density at radius 1 is 1.02 bits per heavy atom. The number of aliphatic hydroxyl groups excluding tert-OH is 1. The number of aliphatic hydroxyl groups is 2. The molecule has 14 atom stereocenters. The highest BCUT2D eigenvalue weighted by Crippen LogP contribution is 2.89. The number of hydrogen-bond acceptors (Lipinski definition) is 8. The molecule has 0 bridgehead atoms. The molecule has 0 amide bonds. The Bertz CT molecular complexity index is 1210. The molecule has 5 saturated carbocycles. The fourth-order valence-corrected chi connectivity index (χ4v) is 15.5. The lowest BCUT2D eigenvalue weighted by Crippen LogP contribution is -2.60. The molecular formula is C39H65NO6S. The highest BCUT2D eigenvalue weighted by atomic mass is 32.2. The van der Waals surface area contributed by atoms with Crippen LogP contribution >= 0.6 is 11.8 Å². The molecule has 3 saturated heterocycles. The zero-order valence-electron chi connectivity index (χ0n) is 30.6. The zero-order chi connectivity index (χ0) is 33.4. The van der Waals surface area contributed by atoms with Gasteiger partial charge in [0.05, 0.1) is 67.7 Å². The molecule has 9 unspecified atom stereocenters. The van der Waals surface area contributed by atoms with Crippen molar-refractivity contribution >= 4 is 11.8 Å². The minimum Gasteiger partial charge on any atom is -0.390 e. The fraction of sp³-hybridized carbons (Fsp3) is 1.00. The van der Waals surface area contributed by atoms with Crippen LogP contribution in [0.5, 0.6) is 0 Å². The van der Waals surface area contributed by atoms with E-state index in [0.29, 0.717) is 40.5 Å². The second kappa shape index (κ2) is 11.3. The summed E-state index contributed by atoms with van der Waals surface area (Å²) in [6.45, 7) is 22.8. The van der Waals surface area contributed by atoms with Crippen molar-refractivity contribution in [2.45, 2.75) is 154 Å². The van der Waals surface area contributed by atoms with Gasteiger partial charge in [-0.15, -0.1) is 0 Å². The third-order valence-corrected chi connectivity index (χ3v) is 18.2. The Hall–Kier alpha value is 0.0700. The molecule has 0 aromatic carbocycles. The molecule has 47 heavy (non-hydrogen) atoms. The maximum atomic E-state index is 12.6. The van der Waals surface area contributed by atoms with Crippen LogP contribution in [0, 0.1) is 50.7 Å². The maximum Gasteiger partial charge on any atom is 0.170 e. The number of fused-ring (bicyclic) bond motifs is 4. The summed E-state index contributed by atoms with van der Waals surface area (Å²) in [5, 5.41) is 23.8. The number of rotatable bonds is 7. The van der Waals surface area contributed by atoms with Gasteiger partial charge < -0.3 is 29.2 Å². The number of hydrogen-bond donors (Lipinski definition) is 2. The van der Waals surface area contributed by atoms with Gasteiger partial charge in [-0.3, -0.25) is 4.90 Å². The fourth-order valence-electron chi connectivity index (χ4n) is 14.4. The molecule has 5 aliphatic carbocycles. The van der Waals surface area contributed by atoms with Crippen molar-refractivity contribution in [1.29, 1.82) is 0 Å². The first kappa shape index (κ1) is 34.2. The maximum absolute atomic E-state index is 12.6. The molecule has 2 spiro atoms. The van der Waals surface area contributed by atoms with Crippen LogP contribution in [-0.4, -0.2) is 101 Å². The Morgan fingerprint density at radius 2 is 1.74 bits per heavy atom. The Balaban J connectivity index is 1.03. The van der Waals surface area contributed by atoms with E-state index in [0.717, 1.165) is 51.5 Å². The summed E-state index contributed by atoms with van der Waals surface area (Å²) in [6, 6.07) is 0.528. The van der Waals surface area contributed by atoms with Gasteiger partial charge in [0, 0.05) is 12.0 Å². The smallest absolute Gasteiger partial charge is 0.170 e. The van der Waals surface area contributed by atoms with E-state index in [1.165, 1.54) is 38.5 Å². The van der Waals surface area contributed by atoms with Crippen molar-refractivity contribution in [3.05, 3.63) is 0 Å². The van der Waals surface area contributed by atoms with Crippen LogP contribution < -0.4 is 0 Å². The predicted molar refractivity (Wildman–Crippen MR) is 185 cm³/mol. The molecule has 7 nitrogen and oxygen atoms in total. The molecule has 3 aliphatic heterocycles. The van der Waals surface area contributed by atoms with Crippen LogP contribution in [0.25, 0.3) is 0 Å². The summed E-state index contributed by atoms with van der Waals surface area (Å²) in [5.74, 6) is 2.95. The van der Waals surface area contributed by atoms with E-state index in [9.17, 15) is 10.2 Å². The SMILES string of the molecule is CCSC(C1C[C@@H](C)C2C(O1)[C@H](O)[C@@]1(C)C3CC[C@H]4C(C)(C)C(O[C@H]5CN(C6COC6)CCO5)CCC45CC35CCC21C)C(C)(C)O. The van der Waals surface area contributed by atoms with Crippen molar-refractivity contribution in [2.75, 3.05) is 38.7 Å². The Kier molecular flexibility index (Phi) is 8.20. The van der Waals surface area contributed by atoms with Crippen molar-refractivity contribution in [2.24, 2.45) is 50.7 Å². The van der Waals surface area contributed by atoms with Crippen LogP contribution in [0.3, 0.4) is 0 Å². The zero-order valence-corrected chi connectivity index (χ0v) is 31.4. The normalized spacial score (nSPS) is 53.1. The molecule has 8 heteroatoms. The average Bonchev–Trinajstić information content (AvgIpc) is 3.61. The summed E-state index contributed by atoms with van der Waals surface area (Å²) in [6.07, 6.45) is 9.03. The first-order valence-corrected chi connectivity index (χ1v) is 20.5. The van der Waals surface area contributed by atoms with E-state index in [1.54, 1.807) is 0 Å². The number of thioether (sulfide) groups is 1. The molecular weight excluding hydrogens is 610 g/mol. The summed E-state index contributed by atoms with van der Waals surface area (Å²) in [5.41, 5.74) is -0.133. The molecule has 0 aromatic heterocycles. The Morgan fingerprint density at radius 3 is 2.43 bits per heavy atom. The molecule has 8 fully saturated rings. The van der Waals surface area contributed by atoms with Crippen molar-refractivity contribution < 1.29 is 29.2 Å². The van der Waals surface area contributed by atoms with E-state index in [2.05, 4.69) is 46.4 Å². The number of nitrogens with zero attached hydrogens (tertiary/aromatic N) is 1. The molecule has 268 valence electrons. The van der Waals surface area contributed by atoms with Gasteiger partial charge >= 0.3 is 0 Å². The number of ether oxygens (including phenoxy) is 4. The number of morpholine rings is 1. The second-order valence-electron chi connectivity index (χ2n) is 19.2. The third kappa shape index (κ3) is 4.63. The minimum absolute atomic E-state index is 0.00812. The van der Waals surface area contributed by atoms with Gasteiger partial charge in [0.15, 0.2) is 6.29 Å². The standard InChI is InChI=1S/C39H65NO6S/c1-9-47-33(35(5,6)42)25-18-23(2)30-31(45-25)32(41)37(8)27-11-10-26-34(3,4)28(46-29-19-40(16-17-44-29)24-20-43-21-24)12-13-38(26)22-39(27,38)15-14-36(30,37)7/h23-33,41-42H,9-22H2,1-8H3/t23-,25?,26+,27?,28?,29+,30?,31?,32+,33?,36?,37-,38?,39?/m1/s1. The molecule has 0 aromatic rings. The van der Waals surface area contributed by atoms with Crippen LogP contribution in [0.2, 0.25) is 0 Å². The molecule has 8 aliphatic rings. The van der Waals surface area contributed by atoms with Gasteiger partial charge in [-0.25, -0.2) is 0 Å².